The van der Waals surface area contributed by atoms with Gasteiger partial charge in [0.05, 0.1) is 21.3 Å². The van der Waals surface area contributed by atoms with Crippen LogP contribution in [0.2, 0.25) is 0 Å². The minimum atomic E-state index is -0.531. The van der Waals surface area contributed by atoms with Crippen LogP contribution < -0.4 is 0 Å². The number of nitro benzene ring substituents is 2. The van der Waals surface area contributed by atoms with Gasteiger partial charge in [0.25, 0.3) is 22.5 Å². The molecular formula is C17H11N3O6S. The number of rotatable bonds is 5. The Kier molecular flexibility index (Phi) is 4.99. The number of amides is 2. The van der Waals surface area contributed by atoms with E-state index >= 15 is 0 Å². The Morgan fingerprint density at radius 1 is 0.889 bits per heavy atom. The zero-order valence-corrected chi connectivity index (χ0v) is 14.4. The first-order valence-electron chi connectivity index (χ1n) is 7.58. The fourth-order valence-electron chi connectivity index (χ4n) is 2.39. The van der Waals surface area contributed by atoms with Crippen LogP contribution in [0, 0.1) is 20.2 Å². The summed E-state index contributed by atoms with van der Waals surface area (Å²) in [7, 11) is 0. The molecule has 1 saturated heterocycles. The van der Waals surface area contributed by atoms with Crippen molar-refractivity contribution in [3.63, 3.8) is 0 Å². The zero-order chi connectivity index (χ0) is 19.6. The van der Waals surface area contributed by atoms with Crippen molar-refractivity contribution in [2.75, 3.05) is 0 Å². The number of benzene rings is 2. The SMILES string of the molecule is O=C1S/C(=C\c2ccc([N+](=O)[O-])cc2)C(=O)N1Cc1ccc([N+](=O)[O-])cc1. The summed E-state index contributed by atoms with van der Waals surface area (Å²) in [6, 6.07) is 11.2. The molecule has 1 heterocycles. The Hall–Kier alpha value is -3.53. The lowest BCUT2D eigenvalue weighted by Gasteiger charge is -2.12. The van der Waals surface area contributed by atoms with Gasteiger partial charge in [-0.05, 0) is 41.1 Å². The molecule has 0 aromatic heterocycles. The lowest BCUT2D eigenvalue weighted by Crippen LogP contribution is -2.27. The summed E-state index contributed by atoms with van der Waals surface area (Å²) in [6.45, 7) is 0.000260. The molecule has 0 unspecified atom stereocenters. The van der Waals surface area contributed by atoms with Crippen LogP contribution >= 0.6 is 11.8 Å². The predicted molar refractivity (Wildman–Crippen MR) is 97.7 cm³/mol. The van der Waals surface area contributed by atoms with E-state index in [-0.39, 0.29) is 22.8 Å². The van der Waals surface area contributed by atoms with Crippen molar-refractivity contribution in [1.82, 2.24) is 4.90 Å². The van der Waals surface area contributed by atoms with Crippen LogP contribution in [0.1, 0.15) is 11.1 Å². The monoisotopic (exact) mass is 385 g/mol. The third kappa shape index (κ3) is 4.01. The van der Waals surface area contributed by atoms with Gasteiger partial charge in [0.2, 0.25) is 0 Å². The molecule has 1 aliphatic rings. The van der Waals surface area contributed by atoms with Crippen molar-refractivity contribution in [2.45, 2.75) is 6.54 Å². The molecule has 9 nitrogen and oxygen atoms in total. The van der Waals surface area contributed by atoms with Crippen LogP contribution in [0.15, 0.2) is 53.4 Å². The van der Waals surface area contributed by atoms with Crippen LogP contribution in [0.3, 0.4) is 0 Å². The number of nitro groups is 2. The van der Waals surface area contributed by atoms with Gasteiger partial charge < -0.3 is 0 Å². The van der Waals surface area contributed by atoms with Gasteiger partial charge in [-0.25, -0.2) is 0 Å². The van der Waals surface area contributed by atoms with Gasteiger partial charge >= 0.3 is 0 Å². The first-order chi connectivity index (χ1) is 12.8. The van der Waals surface area contributed by atoms with E-state index in [2.05, 4.69) is 0 Å². The maximum atomic E-state index is 12.5. The van der Waals surface area contributed by atoms with Crippen LogP contribution in [-0.4, -0.2) is 25.9 Å². The summed E-state index contributed by atoms with van der Waals surface area (Å²) in [5.41, 5.74) is 0.991. The van der Waals surface area contributed by atoms with E-state index < -0.39 is 21.0 Å². The minimum Gasteiger partial charge on any atom is -0.268 e. The van der Waals surface area contributed by atoms with E-state index in [1.807, 2.05) is 0 Å². The zero-order valence-electron chi connectivity index (χ0n) is 13.6. The van der Waals surface area contributed by atoms with E-state index in [9.17, 15) is 29.8 Å². The largest absolute Gasteiger partial charge is 0.293 e. The van der Waals surface area contributed by atoms with Crippen molar-refractivity contribution in [2.24, 2.45) is 0 Å². The highest BCUT2D eigenvalue weighted by molar-refractivity contribution is 8.18. The van der Waals surface area contributed by atoms with Crippen molar-refractivity contribution in [3.05, 3.63) is 84.8 Å². The molecule has 0 N–H and O–H groups in total. The van der Waals surface area contributed by atoms with Gasteiger partial charge in [0.1, 0.15) is 0 Å². The molecule has 2 amide bonds. The van der Waals surface area contributed by atoms with E-state index in [4.69, 9.17) is 0 Å². The molecule has 3 rings (SSSR count). The number of hydrogen-bond acceptors (Lipinski definition) is 7. The Morgan fingerprint density at radius 2 is 1.41 bits per heavy atom. The maximum absolute atomic E-state index is 12.5. The van der Waals surface area contributed by atoms with E-state index in [1.54, 1.807) is 0 Å². The number of thioether (sulfide) groups is 1. The molecule has 1 fully saturated rings. The molecule has 136 valence electrons. The fraction of sp³-hybridized carbons (Fsp3) is 0.0588. The number of non-ortho nitro benzene ring substituents is 2. The summed E-state index contributed by atoms with van der Waals surface area (Å²) >= 11 is 0.771. The first-order valence-corrected chi connectivity index (χ1v) is 8.40. The normalized spacial score (nSPS) is 15.4. The Labute approximate surface area is 156 Å². The van der Waals surface area contributed by atoms with Crippen molar-refractivity contribution in [1.29, 1.82) is 0 Å². The average molecular weight is 385 g/mol. The van der Waals surface area contributed by atoms with Gasteiger partial charge in [-0.2, -0.15) is 0 Å². The molecular weight excluding hydrogens is 374 g/mol. The predicted octanol–water partition coefficient (Wildman–Crippen LogP) is 3.74. The maximum Gasteiger partial charge on any atom is 0.293 e. The Balaban J connectivity index is 1.76. The number of hydrogen-bond donors (Lipinski definition) is 0. The molecule has 0 aliphatic carbocycles. The Bertz CT molecular complexity index is 969. The quantitative estimate of drug-likeness (QED) is 0.436. The second-order valence-electron chi connectivity index (χ2n) is 5.54. The van der Waals surface area contributed by atoms with Crippen LogP contribution in [0.4, 0.5) is 16.2 Å². The van der Waals surface area contributed by atoms with Crippen LogP contribution in [0.5, 0.6) is 0 Å². The fourth-order valence-corrected chi connectivity index (χ4v) is 3.22. The summed E-state index contributed by atoms with van der Waals surface area (Å²) in [6.07, 6.45) is 1.49. The highest BCUT2D eigenvalue weighted by Crippen LogP contribution is 2.33. The van der Waals surface area contributed by atoms with Gasteiger partial charge in [-0.1, -0.05) is 12.1 Å². The number of imide groups is 1. The third-order valence-corrected chi connectivity index (χ3v) is 4.67. The second kappa shape index (κ2) is 7.38. The van der Waals surface area contributed by atoms with Crippen molar-refractivity contribution < 1.29 is 19.4 Å². The smallest absolute Gasteiger partial charge is 0.268 e. The summed E-state index contributed by atoms with van der Waals surface area (Å²) in [5, 5.41) is 20.9. The molecule has 10 heteroatoms. The van der Waals surface area contributed by atoms with Gasteiger partial charge in [0.15, 0.2) is 0 Å². The van der Waals surface area contributed by atoms with E-state index in [1.165, 1.54) is 54.6 Å². The molecule has 2 aromatic rings. The highest BCUT2D eigenvalue weighted by atomic mass is 32.2. The van der Waals surface area contributed by atoms with Crippen molar-refractivity contribution >= 4 is 40.4 Å². The molecule has 0 spiro atoms. The van der Waals surface area contributed by atoms with Gasteiger partial charge in [-0.15, -0.1) is 0 Å². The van der Waals surface area contributed by atoms with Crippen molar-refractivity contribution in [3.8, 4) is 0 Å². The van der Waals surface area contributed by atoms with E-state index in [0.29, 0.717) is 11.1 Å². The molecule has 0 bridgehead atoms. The molecule has 27 heavy (non-hydrogen) atoms. The lowest BCUT2D eigenvalue weighted by atomic mass is 10.2. The number of carbonyl (C=O) groups is 2. The molecule has 0 saturated carbocycles. The number of nitrogens with zero attached hydrogens (tertiary/aromatic N) is 3. The molecule has 2 aromatic carbocycles. The molecule has 0 radical (unpaired) electrons. The van der Waals surface area contributed by atoms with Crippen LogP contribution in [0.25, 0.3) is 6.08 Å². The van der Waals surface area contributed by atoms with Crippen LogP contribution in [-0.2, 0) is 11.3 Å². The summed E-state index contributed by atoms with van der Waals surface area (Å²) in [5.74, 6) is -0.485. The second-order valence-corrected chi connectivity index (χ2v) is 6.53. The number of carbonyl (C=O) groups excluding carboxylic acids is 2. The topological polar surface area (TPSA) is 124 Å². The van der Waals surface area contributed by atoms with Gasteiger partial charge in [-0.3, -0.25) is 34.7 Å². The summed E-state index contributed by atoms with van der Waals surface area (Å²) in [4.78, 5) is 46.1. The van der Waals surface area contributed by atoms with Gasteiger partial charge in [0, 0.05) is 24.3 Å². The average Bonchev–Trinajstić information content (AvgIpc) is 2.90. The highest BCUT2D eigenvalue weighted by Gasteiger charge is 2.35. The first kappa shape index (κ1) is 18.3. The summed E-state index contributed by atoms with van der Waals surface area (Å²) < 4.78 is 0. The van der Waals surface area contributed by atoms with E-state index in [0.717, 1.165) is 16.7 Å². The third-order valence-electron chi connectivity index (χ3n) is 3.76. The lowest BCUT2D eigenvalue weighted by molar-refractivity contribution is -0.385. The minimum absolute atomic E-state index is 0.000260. The Morgan fingerprint density at radius 3 is 1.93 bits per heavy atom. The molecule has 1 aliphatic heterocycles. The standard InChI is InChI=1S/C17H11N3O6S/c21-16-15(9-11-1-5-13(6-2-11)19(23)24)27-17(22)18(16)10-12-3-7-14(8-4-12)20(25)26/h1-9H,10H2/b15-9-. The molecule has 0 atom stereocenters.